The predicted molar refractivity (Wildman–Crippen MR) is 365 cm³/mol. The Hall–Kier alpha value is -9.09. The van der Waals surface area contributed by atoms with Gasteiger partial charge >= 0.3 is 5.97 Å². The molecule has 484 valence electrons. The van der Waals surface area contributed by atoms with Crippen molar-refractivity contribution in [2.24, 2.45) is 0 Å². The highest BCUT2D eigenvalue weighted by Crippen LogP contribution is 2.28. The molecule has 0 saturated carbocycles. The molecule has 0 aliphatic carbocycles. The number of amides is 3. The first kappa shape index (κ1) is 70.4. The topological polar surface area (TPSA) is 229 Å². The molecule has 4 N–H and O–H groups in total. The van der Waals surface area contributed by atoms with E-state index in [1.807, 2.05) is 114 Å². The summed E-state index contributed by atoms with van der Waals surface area (Å²) in [7, 11) is -3.83. The first-order chi connectivity index (χ1) is 44.0. The number of unbranched alkanes of at least 4 members (excludes halogenated alkanes) is 8. The van der Waals surface area contributed by atoms with E-state index >= 15 is 0 Å². The van der Waals surface area contributed by atoms with Crippen molar-refractivity contribution in [1.82, 2.24) is 35.3 Å². The Morgan fingerprint density at radius 1 is 0.446 bits per heavy atom. The summed E-state index contributed by atoms with van der Waals surface area (Å²) in [6.45, 7) is 18.4. The number of benzene rings is 6. The van der Waals surface area contributed by atoms with E-state index in [1.165, 1.54) is 51.4 Å². The van der Waals surface area contributed by atoms with Crippen molar-refractivity contribution in [1.29, 1.82) is 0 Å². The Bertz CT molecular complexity index is 3740. The van der Waals surface area contributed by atoms with Crippen LogP contribution in [-0.2, 0) is 43.3 Å². The number of hydrogen-bond donors (Lipinski definition) is 4. The number of carbonyl (C=O) groups excluding carboxylic acids is 3. The molecule has 8 rings (SSSR count). The third kappa shape index (κ3) is 22.4. The average molecular weight is 1260 g/mol. The third-order valence-electron chi connectivity index (χ3n) is 15.6. The van der Waals surface area contributed by atoms with Crippen LogP contribution in [-0.4, -0.2) is 88.7 Å². The molecule has 0 fully saturated rings. The lowest BCUT2D eigenvalue weighted by molar-refractivity contribution is -0.139. The van der Waals surface area contributed by atoms with Gasteiger partial charge in [-0.1, -0.05) is 204 Å². The third-order valence-corrected chi connectivity index (χ3v) is 16.1. The number of aliphatic carboxylic acids is 1. The van der Waals surface area contributed by atoms with Crippen molar-refractivity contribution < 1.29 is 42.2 Å². The van der Waals surface area contributed by atoms with Crippen molar-refractivity contribution in [3.8, 4) is 56.5 Å². The van der Waals surface area contributed by atoms with Gasteiger partial charge < -0.3 is 25.2 Å². The van der Waals surface area contributed by atoms with Gasteiger partial charge in [-0.3, -0.25) is 19.1 Å². The fourth-order valence-electron chi connectivity index (χ4n) is 9.97. The summed E-state index contributed by atoms with van der Waals surface area (Å²) in [6, 6.07) is 42.8. The first-order valence-electron chi connectivity index (χ1n) is 31.8. The molecule has 17 heteroatoms. The Morgan fingerprint density at radius 3 is 1.12 bits per heavy atom. The van der Waals surface area contributed by atoms with Crippen LogP contribution in [0.1, 0.15) is 163 Å². The van der Waals surface area contributed by atoms with E-state index < -0.39 is 45.8 Å². The smallest absolute Gasteiger partial charge is 0.326 e. The van der Waals surface area contributed by atoms with Gasteiger partial charge in [0.15, 0.2) is 11.6 Å². The summed E-state index contributed by atoms with van der Waals surface area (Å²) < 4.78 is 37.4. The van der Waals surface area contributed by atoms with Gasteiger partial charge in [0.05, 0.1) is 19.5 Å². The number of aromatic nitrogens is 4. The Labute approximate surface area is 543 Å². The van der Waals surface area contributed by atoms with E-state index in [-0.39, 0.29) is 23.7 Å². The van der Waals surface area contributed by atoms with E-state index in [2.05, 4.69) is 86.0 Å². The molecule has 16 nitrogen and oxygen atoms in total. The second-order valence-corrected chi connectivity index (χ2v) is 27.0. The van der Waals surface area contributed by atoms with Crippen LogP contribution in [0.25, 0.3) is 45.0 Å². The van der Waals surface area contributed by atoms with Gasteiger partial charge in [0, 0.05) is 71.0 Å². The molecular formula is C75H89N7O9S. The molecule has 0 saturated heterocycles. The maximum atomic E-state index is 13.1. The van der Waals surface area contributed by atoms with E-state index in [0.717, 1.165) is 99.4 Å². The lowest BCUT2D eigenvalue weighted by Crippen LogP contribution is -2.49. The van der Waals surface area contributed by atoms with E-state index in [9.17, 15) is 32.7 Å². The molecule has 92 heavy (non-hydrogen) atoms. The highest BCUT2D eigenvalue weighted by molar-refractivity contribution is 7.89. The monoisotopic (exact) mass is 1260 g/mol. The zero-order valence-corrected chi connectivity index (χ0v) is 55.4. The Kier molecular flexibility index (Phi) is 25.9. The number of sulfonamides is 1. The van der Waals surface area contributed by atoms with Gasteiger partial charge in [-0.25, -0.2) is 33.1 Å². The van der Waals surface area contributed by atoms with Crippen LogP contribution in [0.4, 0.5) is 0 Å². The molecule has 8 aromatic rings. The van der Waals surface area contributed by atoms with E-state index in [1.54, 1.807) is 61.2 Å². The maximum Gasteiger partial charge on any atom is 0.326 e. The van der Waals surface area contributed by atoms with Gasteiger partial charge in [-0.2, -0.15) is 0 Å². The minimum Gasteiger partial charge on any atom is -0.494 e. The zero-order valence-electron chi connectivity index (χ0n) is 54.6. The standard InChI is InChI=1S/C38H46N4O5S.C37H43N3O4/c1-6-7-8-9-10-23-47-33-21-17-28(18-22-33)31-25-39-35(40-26-31)29-13-11-27(12-14-29)24-34(37(44)42-48(5,45)46)41-36(43)30-15-19-32(20-16-30)38(2,3)4;1-5-6-7-8-9-22-44-32-20-16-27(17-21-32)30-24-38-34(39-25-30)28-12-10-26(11-13-28)23-33(36(42)43)40-35(41)29-14-18-31(19-15-29)37(2,3)4/h11-22,25-26,34H,6-10,23-24H2,1-5H3,(H,41,43)(H,42,44);10-21,24-25,33H,5-9,22-23H2,1-4H3,(H,40,41)(H,42,43)/t34-;33-/m00/s1. The van der Waals surface area contributed by atoms with Crippen LogP contribution in [0.5, 0.6) is 11.5 Å². The largest absolute Gasteiger partial charge is 0.494 e. The van der Waals surface area contributed by atoms with E-state index in [4.69, 9.17) is 9.47 Å². The van der Waals surface area contributed by atoms with Crippen LogP contribution < -0.4 is 24.8 Å². The van der Waals surface area contributed by atoms with Crippen molar-refractivity contribution in [3.63, 3.8) is 0 Å². The molecule has 2 aromatic heterocycles. The number of nitrogens with zero attached hydrogens (tertiary/aromatic N) is 4. The zero-order chi connectivity index (χ0) is 66.3. The number of nitrogens with one attached hydrogen (secondary N) is 3. The predicted octanol–water partition coefficient (Wildman–Crippen LogP) is 14.8. The molecule has 0 spiro atoms. The van der Waals surface area contributed by atoms with Crippen LogP contribution in [0.2, 0.25) is 0 Å². The number of hydrogen-bond acceptors (Lipinski definition) is 12. The van der Waals surface area contributed by atoms with Crippen LogP contribution >= 0.6 is 0 Å². The number of carboxylic acids is 1. The average Bonchev–Trinajstić information content (AvgIpc) is 1.40. The molecule has 2 heterocycles. The molecular weight excluding hydrogens is 1170 g/mol. The Morgan fingerprint density at radius 2 is 0.783 bits per heavy atom. The van der Waals surface area contributed by atoms with Crippen LogP contribution in [0.15, 0.2) is 170 Å². The molecule has 0 aliphatic heterocycles. The van der Waals surface area contributed by atoms with Gasteiger partial charge in [-0.05, 0) is 106 Å². The normalized spacial score (nSPS) is 12.1. The van der Waals surface area contributed by atoms with Gasteiger partial charge in [0.2, 0.25) is 10.0 Å². The molecule has 0 radical (unpaired) electrons. The summed E-state index contributed by atoms with van der Waals surface area (Å²) in [5.41, 5.74) is 9.71. The number of ether oxygens (including phenoxy) is 2. The fraction of sp³-hybridized carbons (Fsp3) is 0.360. The van der Waals surface area contributed by atoms with Crippen molar-refractivity contribution >= 4 is 33.7 Å². The minimum absolute atomic E-state index is 0.0352. The summed E-state index contributed by atoms with van der Waals surface area (Å²) >= 11 is 0. The summed E-state index contributed by atoms with van der Waals surface area (Å²) in [4.78, 5) is 69.0. The van der Waals surface area contributed by atoms with Gasteiger partial charge in [0.1, 0.15) is 23.6 Å². The number of carbonyl (C=O) groups is 4. The fourth-order valence-corrected chi connectivity index (χ4v) is 10.5. The quantitative estimate of drug-likeness (QED) is 0.0320. The SMILES string of the molecule is CCCCCCCOc1ccc(-c2cnc(-c3ccc(C[C@H](NC(=O)c4ccc(C(C)(C)C)cc4)C(=O)NS(C)(=O)=O)cc3)nc2)cc1.CCCCCCCOc1ccc(-c2cnc(-c3ccc(C[C@H](NC(=O)c4ccc(C(C)(C)C)cc4)C(=O)O)cc3)nc2)cc1. The maximum absolute atomic E-state index is 13.1. The van der Waals surface area contributed by atoms with Crippen molar-refractivity contribution in [2.75, 3.05) is 19.5 Å². The summed E-state index contributed by atoms with van der Waals surface area (Å²) in [5.74, 6) is 0.0179. The van der Waals surface area contributed by atoms with Crippen LogP contribution in [0.3, 0.4) is 0 Å². The number of rotatable bonds is 29. The minimum atomic E-state index is -3.83. The lowest BCUT2D eigenvalue weighted by Gasteiger charge is -2.20. The highest BCUT2D eigenvalue weighted by Gasteiger charge is 2.26. The number of carboxylic acid groups (broad SMARTS) is 1. The van der Waals surface area contributed by atoms with Crippen molar-refractivity contribution in [2.45, 2.75) is 155 Å². The highest BCUT2D eigenvalue weighted by atomic mass is 32.2. The molecule has 2 atom stereocenters. The van der Waals surface area contributed by atoms with Crippen LogP contribution in [0, 0.1) is 0 Å². The van der Waals surface area contributed by atoms with Crippen molar-refractivity contribution in [3.05, 3.63) is 204 Å². The Balaban J connectivity index is 0.000000262. The van der Waals surface area contributed by atoms with Gasteiger partial charge in [0.25, 0.3) is 17.7 Å². The van der Waals surface area contributed by atoms with E-state index in [0.29, 0.717) is 22.8 Å². The summed E-state index contributed by atoms with van der Waals surface area (Å²) in [6.07, 6.45) is 20.3. The first-order valence-corrected chi connectivity index (χ1v) is 33.7. The second-order valence-electron chi connectivity index (χ2n) is 25.3. The second kappa shape index (κ2) is 33.8. The molecule has 3 amide bonds. The lowest BCUT2D eigenvalue weighted by atomic mass is 9.86. The molecule has 0 unspecified atom stereocenters. The van der Waals surface area contributed by atoms with Gasteiger partial charge in [-0.15, -0.1) is 0 Å². The molecule has 0 bridgehead atoms. The summed E-state index contributed by atoms with van der Waals surface area (Å²) in [5, 5.41) is 15.1. The molecule has 0 aliphatic rings. The molecule has 6 aromatic carbocycles.